The lowest BCUT2D eigenvalue weighted by molar-refractivity contribution is -0.127. The third-order valence-electron chi connectivity index (χ3n) is 1.88. The molecule has 4 heteroatoms. The summed E-state index contributed by atoms with van der Waals surface area (Å²) in [7, 11) is 1.49. The van der Waals surface area contributed by atoms with Crippen LogP contribution in [-0.2, 0) is 9.53 Å². The number of nitrogens with one attached hydrogen (secondary N) is 1. The van der Waals surface area contributed by atoms with Crippen LogP contribution in [0.25, 0.3) is 0 Å². The van der Waals surface area contributed by atoms with Crippen LogP contribution in [0.3, 0.4) is 0 Å². The molecule has 0 aromatic rings. The van der Waals surface area contributed by atoms with E-state index < -0.39 is 5.41 Å². The van der Waals surface area contributed by atoms with Crippen LogP contribution in [0.4, 0.5) is 0 Å². The van der Waals surface area contributed by atoms with Crippen LogP contribution >= 0.6 is 0 Å². The molecule has 1 aliphatic rings. The smallest absolute Gasteiger partial charge is 0.242 e. The lowest BCUT2D eigenvalue weighted by Gasteiger charge is -2.14. The van der Waals surface area contributed by atoms with E-state index in [2.05, 4.69) is 5.32 Å². The van der Waals surface area contributed by atoms with Crippen molar-refractivity contribution in [2.45, 2.75) is 6.42 Å². The van der Waals surface area contributed by atoms with E-state index in [-0.39, 0.29) is 12.5 Å². The standard InChI is InChI=1S/C7H10N2O2/c1-11-5-7(4-8)2-3-9-6(7)10/h2-3,5H2,1H3,(H,9,10). The highest BCUT2D eigenvalue weighted by Gasteiger charge is 2.42. The van der Waals surface area contributed by atoms with Crippen molar-refractivity contribution in [2.75, 3.05) is 20.3 Å². The van der Waals surface area contributed by atoms with Crippen molar-refractivity contribution in [3.63, 3.8) is 0 Å². The zero-order valence-corrected chi connectivity index (χ0v) is 6.39. The second kappa shape index (κ2) is 2.89. The molecule has 60 valence electrons. The van der Waals surface area contributed by atoms with E-state index in [1.54, 1.807) is 0 Å². The third-order valence-corrected chi connectivity index (χ3v) is 1.88. The molecule has 11 heavy (non-hydrogen) atoms. The summed E-state index contributed by atoms with van der Waals surface area (Å²) in [5.74, 6) is -0.207. The number of carbonyl (C=O) groups excluding carboxylic acids is 1. The first kappa shape index (κ1) is 8.02. The van der Waals surface area contributed by atoms with Crippen LogP contribution in [0.2, 0.25) is 0 Å². The highest BCUT2D eigenvalue weighted by molar-refractivity contribution is 5.87. The fourth-order valence-electron chi connectivity index (χ4n) is 1.20. The summed E-state index contributed by atoms with van der Waals surface area (Å²) in [4.78, 5) is 11.1. The average molecular weight is 154 g/mol. The summed E-state index contributed by atoms with van der Waals surface area (Å²) in [6.45, 7) is 0.769. The van der Waals surface area contributed by atoms with Crippen molar-refractivity contribution in [1.82, 2.24) is 5.32 Å². The first-order chi connectivity index (χ1) is 5.25. The van der Waals surface area contributed by atoms with Gasteiger partial charge in [-0.05, 0) is 6.42 Å². The molecular weight excluding hydrogens is 144 g/mol. The van der Waals surface area contributed by atoms with Gasteiger partial charge in [-0.3, -0.25) is 4.79 Å². The quantitative estimate of drug-likeness (QED) is 0.592. The Labute approximate surface area is 65.1 Å². The van der Waals surface area contributed by atoms with Gasteiger partial charge in [-0.15, -0.1) is 0 Å². The molecule has 0 saturated carbocycles. The Morgan fingerprint density at radius 1 is 1.91 bits per heavy atom. The number of rotatable bonds is 2. The maximum atomic E-state index is 11.1. The normalized spacial score (nSPS) is 29.6. The van der Waals surface area contributed by atoms with Crippen molar-refractivity contribution in [3.05, 3.63) is 0 Å². The molecule has 0 radical (unpaired) electrons. The van der Waals surface area contributed by atoms with Crippen molar-refractivity contribution >= 4 is 5.91 Å². The molecule has 1 amide bonds. The predicted molar refractivity (Wildman–Crippen MR) is 37.5 cm³/mol. The molecule has 0 aromatic heterocycles. The molecule has 1 atom stereocenters. The highest BCUT2D eigenvalue weighted by atomic mass is 16.5. The molecule has 0 spiro atoms. The summed E-state index contributed by atoms with van der Waals surface area (Å²) in [6.07, 6.45) is 0.552. The second-order valence-corrected chi connectivity index (χ2v) is 2.63. The van der Waals surface area contributed by atoms with Gasteiger partial charge in [-0.2, -0.15) is 5.26 Å². The van der Waals surface area contributed by atoms with Crippen molar-refractivity contribution in [1.29, 1.82) is 5.26 Å². The van der Waals surface area contributed by atoms with Gasteiger partial charge >= 0.3 is 0 Å². The topological polar surface area (TPSA) is 62.1 Å². The van der Waals surface area contributed by atoms with Gasteiger partial charge in [0.15, 0.2) is 5.41 Å². The molecular formula is C7H10N2O2. The minimum atomic E-state index is -0.922. The first-order valence-electron chi connectivity index (χ1n) is 3.44. The molecule has 1 N–H and O–H groups in total. The largest absolute Gasteiger partial charge is 0.382 e. The Kier molecular flexibility index (Phi) is 2.11. The van der Waals surface area contributed by atoms with Crippen LogP contribution in [-0.4, -0.2) is 26.2 Å². The van der Waals surface area contributed by atoms with Gasteiger partial charge in [0.2, 0.25) is 5.91 Å². The Morgan fingerprint density at radius 3 is 3.00 bits per heavy atom. The Morgan fingerprint density at radius 2 is 2.64 bits per heavy atom. The van der Waals surface area contributed by atoms with Crippen LogP contribution in [0.5, 0.6) is 0 Å². The summed E-state index contributed by atoms with van der Waals surface area (Å²) in [5, 5.41) is 11.3. The molecule has 1 fully saturated rings. The Hall–Kier alpha value is -1.08. The molecule has 4 nitrogen and oxygen atoms in total. The summed E-state index contributed by atoms with van der Waals surface area (Å²) in [6, 6.07) is 1.99. The van der Waals surface area contributed by atoms with Gasteiger partial charge in [0, 0.05) is 13.7 Å². The summed E-state index contributed by atoms with van der Waals surface area (Å²) in [5.41, 5.74) is -0.922. The number of hydrogen-bond acceptors (Lipinski definition) is 3. The molecule has 1 rings (SSSR count). The van der Waals surface area contributed by atoms with E-state index in [0.717, 1.165) is 0 Å². The van der Waals surface area contributed by atoms with Gasteiger partial charge in [0.05, 0.1) is 12.7 Å². The number of amides is 1. The van der Waals surface area contributed by atoms with E-state index in [4.69, 9.17) is 10.00 Å². The Bertz CT molecular complexity index is 209. The molecule has 1 heterocycles. The summed E-state index contributed by atoms with van der Waals surface area (Å²) >= 11 is 0. The van der Waals surface area contributed by atoms with Crippen LogP contribution in [0, 0.1) is 16.7 Å². The van der Waals surface area contributed by atoms with Crippen molar-refractivity contribution < 1.29 is 9.53 Å². The van der Waals surface area contributed by atoms with Gasteiger partial charge < -0.3 is 10.1 Å². The number of carbonyl (C=O) groups is 1. The van der Waals surface area contributed by atoms with Gasteiger partial charge in [-0.1, -0.05) is 0 Å². The third kappa shape index (κ3) is 1.19. The number of nitriles is 1. The zero-order valence-electron chi connectivity index (χ0n) is 6.39. The number of hydrogen-bond donors (Lipinski definition) is 1. The fraction of sp³-hybridized carbons (Fsp3) is 0.714. The minimum Gasteiger partial charge on any atom is -0.382 e. The lowest BCUT2D eigenvalue weighted by Crippen LogP contribution is -2.33. The predicted octanol–water partition coefficient (Wildman–Crippen LogP) is -0.337. The molecule has 1 saturated heterocycles. The molecule has 1 unspecified atom stereocenters. The first-order valence-corrected chi connectivity index (χ1v) is 3.44. The van der Waals surface area contributed by atoms with Crippen molar-refractivity contribution in [2.24, 2.45) is 5.41 Å². The number of ether oxygens (including phenoxy) is 1. The fourth-order valence-corrected chi connectivity index (χ4v) is 1.20. The average Bonchev–Trinajstić information content (AvgIpc) is 2.35. The van der Waals surface area contributed by atoms with E-state index in [0.29, 0.717) is 13.0 Å². The van der Waals surface area contributed by atoms with Gasteiger partial charge in [-0.25, -0.2) is 0 Å². The Balaban J connectivity index is 2.75. The maximum absolute atomic E-state index is 11.1. The van der Waals surface area contributed by atoms with E-state index in [9.17, 15) is 4.79 Å². The summed E-state index contributed by atoms with van der Waals surface area (Å²) < 4.78 is 4.81. The lowest BCUT2D eigenvalue weighted by atomic mass is 9.89. The molecule has 0 aromatic carbocycles. The van der Waals surface area contributed by atoms with Crippen molar-refractivity contribution in [3.8, 4) is 6.07 Å². The number of nitrogens with zero attached hydrogens (tertiary/aromatic N) is 1. The molecule has 0 aliphatic carbocycles. The van der Waals surface area contributed by atoms with E-state index in [1.807, 2.05) is 6.07 Å². The van der Waals surface area contributed by atoms with E-state index in [1.165, 1.54) is 7.11 Å². The van der Waals surface area contributed by atoms with Crippen LogP contribution in [0.1, 0.15) is 6.42 Å². The van der Waals surface area contributed by atoms with Crippen LogP contribution in [0.15, 0.2) is 0 Å². The number of methoxy groups -OCH3 is 1. The van der Waals surface area contributed by atoms with Crippen LogP contribution < -0.4 is 5.32 Å². The SMILES string of the molecule is COCC1(C#N)CCNC1=O. The van der Waals surface area contributed by atoms with E-state index >= 15 is 0 Å². The second-order valence-electron chi connectivity index (χ2n) is 2.63. The maximum Gasteiger partial charge on any atom is 0.242 e. The zero-order chi connectivity index (χ0) is 8.32. The molecule has 1 aliphatic heterocycles. The van der Waals surface area contributed by atoms with Gasteiger partial charge in [0.1, 0.15) is 0 Å². The van der Waals surface area contributed by atoms with Gasteiger partial charge in [0.25, 0.3) is 0 Å². The monoisotopic (exact) mass is 154 g/mol. The molecule has 0 bridgehead atoms. The highest BCUT2D eigenvalue weighted by Crippen LogP contribution is 2.25. The minimum absolute atomic E-state index is 0.190.